The summed E-state index contributed by atoms with van der Waals surface area (Å²) < 4.78 is 11.2. The minimum Gasteiger partial charge on any atom is -0.494 e. The van der Waals surface area contributed by atoms with Crippen molar-refractivity contribution in [2.45, 2.75) is 19.3 Å². The molecule has 7 heteroatoms. The predicted molar refractivity (Wildman–Crippen MR) is 124 cm³/mol. The predicted octanol–water partition coefficient (Wildman–Crippen LogP) is 4.83. The summed E-state index contributed by atoms with van der Waals surface area (Å²) in [6, 6.07) is 21.0. The third-order valence-electron chi connectivity index (χ3n) is 4.41. The van der Waals surface area contributed by atoms with Gasteiger partial charge in [0.25, 0.3) is 0 Å². The Morgan fingerprint density at radius 1 is 0.967 bits per heavy atom. The Hall–Kier alpha value is -3.32. The first-order chi connectivity index (χ1) is 14.6. The van der Waals surface area contributed by atoms with Crippen molar-refractivity contribution in [3.63, 3.8) is 0 Å². The number of rotatable bonds is 9. The van der Waals surface area contributed by atoms with E-state index in [0.717, 1.165) is 41.5 Å². The van der Waals surface area contributed by atoms with E-state index in [1.54, 1.807) is 6.07 Å². The number of ether oxygens (including phenoxy) is 2. The fraction of sp³-hybridized carbons (Fsp3) is 0.217. The van der Waals surface area contributed by atoms with Gasteiger partial charge in [0, 0.05) is 23.7 Å². The van der Waals surface area contributed by atoms with Crippen LogP contribution < -0.4 is 25.8 Å². The minimum absolute atomic E-state index is 0.221. The molecule has 0 aliphatic heterocycles. The highest BCUT2D eigenvalue weighted by atomic mass is 32.1. The first-order valence-electron chi connectivity index (χ1n) is 9.84. The summed E-state index contributed by atoms with van der Waals surface area (Å²) in [5.74, 6) is 1.32. The molecule has 1 amide bonds. The number of hydrogen-bond acceptors (Lipinski definition) is 4. The van der Waals surface area contributed by atoms with E-state index in [2.05, 4.69) is 10.6 Å². The summed E-state index contributed by atoms with van der Waals surface area (Å²) in [7, 11) is 0. The molecule has 3 aromatic rings. The molecule has 0 aromatic heterocycles. The third-order valence-corrected chi connectivity index (χ3v) is 4.52. The van der Waals surface area contributed by atoms with Gasteiger partial charge in [-0.05, 0) is 55.1 Å². The lowest BCUT2D eigenvalue weighted by Crippen LogP contribution is -2.27. The van der Waals surface area contributed by atoms with Gasteiger partial charge in [0.15, 0.2) is 5.11 Å². The van der Waals surface area contributed by atoms with Crippen molar-refractivity contribution in [3.05, 3.63) is 66.7 Å². The van der Waals surface area contributed by atoms with E-state index >= 15 is 0 Å². The van der Waals surface area contributed by atoms with E-state index in [1.165, 1.54) is 0 Å². The standard InChI is InChI=1S/C23H25N3O3S/c24-22(30)26-18-10-7-11-19(16-18)28-15-5-1-4-14-25-23(27)29-21-13-6-9-17-8-2-3-12-20(17)21/h2-3,6-13,16H,1,4-5,14-15H2,(H,25,27)(H3,24,26,30). The van der Waals surface area contributed by atoms with E-state index in [1.807, 2.05) is 60.7 Å². The molecule has 0 radical (unpaired) electrons. The molecule has 3 aromatic carbocycles. The Labute approximate surface area is 181 Å². The number of benzene rings is 3. The van der Waals surface area contributed by atoms with Gasteiger partial charge in [-0.1, -0.05) is 42.5 Å². The van der Waals surface area contributed by atoms with E-state index in [0.29, 0.717) is 18.9 Å². The summed E-state index contributed by atoms with van der Waals surface area (Å²) >= 11 is 4.83. The van der Waals surface area contributed by atoms with Gasteiger partial charge in [-0.15, -0.1) is 0 Å². The smallest absolute Gasteiger partial charge is 0.412 e. The maximum atomic E-state index is 12.1. The zero-order valence-electron chi connectivity index (χ0n) is 16.6. The van der Waals surface area contributed by atoms with Crippen LogP contribution in [-0.4, -0.2) is 24.4 Å². The number of fused-ring (bicyclic) bond motifs is 1. The van der Waals surface area contributed by atoms with Gasteiger partial charge in [-0.25, -0.2) is 4.79 Å². The number of thiocarbonyl (C=S) groups is 1. The summed E-state index contributed by atoms with van der Waals surface area (Å²) in [5.41, 5.74) is 6.27. The number of nitrogens with two attached hydrogens (primary N) is 1. The number of unbranched alkanes of at least 4 members (excludes halogenated alkanes) is 2. The molecule has 0 saturated carbocycles. The van der Waals surface area contributed by atoms with Crippen LogP contribution in [0.3, 0.4) is 0 Å². The largest absolute Gasteiger partial charge is 0.494 e. The van der Waals surface area contributed by atoms with Gasteiger partial charge >= 0.3 is 6.09 Å². The molecule has 0 aliphatic rings. The lowest BCUT2D eigenvalue weighted by Gasteiger charge is -2.10. The van der Waals surface area contributed by atoms with Crippen molar-refractivity contribution >= 4 is 39.9 Å². The molecular weight excluding hydrogens is 398 g/mol. The van der Waals surface area contributed by atoms with E-state index < -0.39 is 6.09 Å². The Bertz CT molecular complexity index is 1000. The topological polar surface area (TPSA) is 85.6 Å². The minimum atomic E-state index is -0.440. The molecule has 3 rings (SSSR count). The van der Waals surface area contributed by atoms with Crippen LogP contribution in [0.15, 0.2) is 66.7 Å². The number of hydrogen-bond donors (Lipinski definition) is 3. The Morgan fingerprint density at radius 2 is 1.77 bits per heavy atom. The van der Waals surface area contributed by atoms with Crippen molar-refractivity contribution in [2.75, 3.05) is 18.5 Å². The summed E-state index contributed by atoms with van der Waals surface area (Å²) in [5, 5.41) is 7.85. The Kier molecular flexibility index (Phi) is 7.86. The first-order valence-corrected chi connectivity index (χ1v) is 10.3. The average molecular weight is 424 g/mol. The molecule has 6 nitrogen and oxygen atoms in total. The third kappa shape index (κ3) is 6.63. The summed E-state index contributed by atoms with van der Waals surface area (Å²) in [6.45, 7) is 1.15. The maximum absolute atomic E-state index is 12.1. The molecule has 0 spiro atoms. The molecular formula is C23H25N3O3S. The number of anilines is 1. The van der Waals surface area contributed by atoms with Crippen molar-refractivity contribution in [1.82, 2.24) is 5.32 Å². The second-order valence-corrected chi connectivity index (χ2v) is 7.16. The van der Waals surface area contributed by atoms with Crippen molar-refractivity contribution in [2.24, 2.45) is 5.73 Å². The maximum Gasteiger partial charge on any atom is 0.412 e. The van der Waals surface area contributed by atoms with Crippen LogP contribution in [0.4, 0.5) is 10.5 Å². The summed E-state index contributed by atoms with van der Waals surface area (Å²) in [6.07, 6.45) is 2.22. The SMILES string of the molecule is NC(=S)Nc1cccc(OCCCCCNC(=O)Oc2cccc3ccccc23)c1. The molecule has 4 N–H and O–H groups in total. The molecule has 30 heavy (non-hydrogen) atoms. The normalized spacial score (nSPS) is 10.4. The molecule has 0 aliphatic carbocycles. The highest BCUT2D eigenvalue weighted by Gasteiger charge is 2.07. The van der Waals surface area contributed by atoms with Gasteiger partial charge in [0.1, 0.15) is 11.5 Å². The Balaban J connectivity index is 1.32. The first kappa shape index (κ1) is 21.4. The molecule has 0 atom stereocenters. The number of amides is 1. The fourth-order valence-electron chi connectivity index (χ4n) is 3.01. The number of carbonyl (C=O) groups is 1. The van der Waals surface area contributed by atoms with Crippen molar-refractivity contribution < 1.29 is 14.3 Å². The van der Waals surface area contributed by atoms with Crippen LogP contribution >= 0.6 is 12.2 Å². The molecule has 0 unspecified atom stereocenters. The van der Waals surface area contributed by atoms with E-state index in [4.69, 9.17) is 27.4 Å². The zero-order chi connectivity index (χ0) is 21.2. The van der Waals surface area contributed by atoms with Crippen LogP contribution in [0.2, 0.25) is 0 Å². The van der Waals surface area contributed by atoms with Crippen LogP contribution in [0, 0.1) is 0 Å². The second kappa shape index (κ2) is 11.0. The summed E-state index contributed by atoms with van der Waals surface area (Å²) in [4.78, 5) is 12.1. The average Bonchev–Trinajstić information content (AvgIpc) is 2.73. The number of carbonyl (C=O) groups excluding carboxylic acids is 1. The molecule has 0 heterocycles. The molecule has 0 saturated heterocycles. The Morgan fingerprint density at radius 3 is 2.63 bits per heavy atom. The molecule has 0 bridgehead atoms. The van der Waals surface area contributed by atoms with Crippen LogP contribution in [0.1, 0.15) is 19.3 Å². The zero-order valence-corrected chi connectivity index (χ0v) is 17.4. The molecule has 156 valence electrons. The van der Waals surface area contributed by atoms with Gasteiger partial charge in [-0.3, -0.25) is 0 Å². The van der Waals surface area contributed by atoms with Gasteiger partial charge in [0.2, 0.25) is 0 Å². The second-order valence-electron chi connectivity index (χ2n) is 6.72. The fourth-order valence-corrected chi connectivity index (χ4v) is 3.13. The quantitative estimate of drug-likeness (QED) is 0.338. The highest BCUT2D eigenvalue weighted by Crippen LogP contribution is 2.25. The van der Waals surface area contributed by atoms with Gasteiger partial charge in [0.05, 0.1) is 6.61 Å². The van der Waals surface area contributed by atoms with Crippen LogP contribution in [0.5, 0.6) is 11.5 Å². The molecule has 0 fully saturated rings. The van der Waals surface area contributed by atoms with Gasteiger partial charge in [-0.2, -0.15) is 0 Å². The van der Waals surface area contributed by atoms with E-state index in [9.17, 15) is 4.79 Å². The van der Waals surface area contributed by atoms with Crippen LogP contribution in [0.25, 0.3) is 10.8 Å². The van der Waals surface area contributed by atoms with Crippen LogP contribution in [-0.2, 0) is 0 Å². The van der Waals surface area contributed by atoms with E-state index in [-0.39, 0.29) is 5.11 Å². The highest BCUT2D eigenvalue weighted by molar-refractivity contribution is 7.80. The lowest BCUT2D eigenvalue weighted by atomic mass is 10.1. The van der Waals surface area contributed by atoms with Crippen molar-refractivity contribution in [3.8, 4) is 11.5 Å². The van der Waals surface area contributed by atoms with Crippen molar-refractivity contribution in [1.29, 1.82) is 0 Å². The monoisotopic (exact) mass is 423 g/mol. The van der Waals surface area contributed by atoms with Gasteiger partial charge < -0.3 is 25.8 Å². The number of nitrogens with one attached hydrogen (secondary N) is 2. The lowest BCUT2D eigenvalue weighted by molar-refractivity contribution is 0.200.